The smallest absolute Gasteiger partial charge is 0.255 e. The zero-order valence-corrected chi connectivity index (χ0v) is 14.9. The number of hydrogen-bond donors (Lipinski definition) is 1. The topological polar surface area (TPSA) is 78.8 Å². The summed E-state index contributed by atoms with van der Waals surface area (Å²) in [7, 11) is -2.40. The fourth-order valence-electron chi connectivity index (χ4n) is 2.28. The van der Waals surface area contributed by atoms with Crippen LogP contribution in [0.15, 0.2) is 46.4 Å². The van der Waals surface area contributed by atoms with E-state index in [2.05, 4.69) is 22.7 Å². The molecule has 0 spiro atoms. The molecule has 0 fully saturated rings. The number of carbonyl (C=O) groups is 1. The normalized spacial score (nSPS) is 18.2. The molecule has 0 unspecified atom stereocenters. The van der Waals surface area contributed by atoms with Crippen molar-refractivity contribution in [1.82, 2.24) is 9.73 Å². The van der Waals surface area contributed by atoms with Crippen LogP contribution in [0.4, 0.5) is 0 Å². The van der Waals surface area contributed by atoms with Gasteiger partial charge in [0.05, 0.1) is 11.4 Å². The molecule has 0 aromatic heterocycles. The Hall–Kier alpha value is -1.70. The third-order valence-electron chi connectivity index (χ3n) is 3.67. The molecule has 0 saturated carbocycles. The van der Waals surface area contributed by atoms with Crippen LogP contribution >= 0.6 is 11.6 Å². The minimum atomic E-state index is -3.74. The summed E-state index contributed by atoms with van der Waals surface area (Å²) in [5.41, 5.74) is 2.37. The van der Waals surface area contributed by atoms with Crippen LogP contribution in [0.25, 0.3) is 0 Å². The lowest BCUT2D eigenvalue weighted by atomic mass is 9.96. The molecular formula is C16H20ClN3O3S. The Morgan fingerprint density at radius 2 is 2.08 bits per heavy atom. The number of rotatable bonds is 6. The number of hydrazone groups is 1. The van der Waals surface area contributed by atoms with Gasteiger partial charge in [-0.25, -0.2) is 13.8 Å². The Kier molecular flexibility index (Phi) is 6.53. The highest BCUT2D eigenvalue weighted by Crippen LogP contribution is 2.17. The van der Waals surface area contributed by atoms with Crippen molar-refractivity contribution >= 4 is 33.7 Å². The highest BCUT2D eigenvalue weighted by molar-refractivity contribution is 7.89. The van der Waals surface area contributed by atoms with Gasteiger partial charge in [0.25, 0.3) is 5.91 Å². The summed E-state index contributed by atoms with van der Waals surface area (Å²) < 4.78 is 25.7. The van der Waals surface area contributed by atoms with Crippen molar-refractivity contribution in [2.45, 2.75) is 24.2 Å². The van der Waals surface area contributed by atoms with Crippen molar-refractivity contribution < 1.29 is 13.2 Å². The van der Waals surface area contributed by atoms with E-state index in [1.165, 1.54) is 31.3 Å². The average molecular weight is 370 g/mol. The third kappa shape index (κ3) is 5.15. The number of sulfonamides is 1. The van der Waals surface area contributed by atoms with Crippen LogP contribution in [-0.4, -0.2) is 38.4 Å². The molecule has 1 aromatic carbocycles. The molecule has 0 bridgehead atoms. The van der Waals surface area contributed by atoms with Gasteiger partial charge in [-0.15, -0.1) is 0 Å². The number of halogens is 1. The number of hydrogen-bond acceptors (Lipinski definition) is 4. The van der Waals surface area contributed by atoms with Gasteiger partial charge in [-0.1, -0.05) is 23.8 Å². The highest BCUT2D eigenvalue weighted by atomic mass is 35.5. The quantitative estimate of drug-likeness (QED) is 0.475. The Morgan fingerprint density at radius 3 is 2.71 bits per heavy atom. The van der Waals surface area contributed by atoms with Gasteiger partial charge in [0.2, 0.25) is 10.0 Å². The molecule has 0 heterocycles. The van der Waals surface area contributed by atoms with E-state index in [1.54, 1.807) is 6.21 Å². The zero-order chi connectivity index (χ0) is 17.6. The maximum atomic E-state index is 12.4. The van der Waals surface area contributed by atoms with E-state index in [-0.39, 0.29) is 11.4 Å². The van der Waals surface area contributed by atoms with Crippen LogP contribution in [-0.2, 0) is 14.8 Å². The molecule has 6 nitrogen and oxygen atoms in total. The van der Waals surface area contributed by atoms with Gasteiger partial charge in [-0.3, -0.25) is 4.79 Å². The monoisotopic (exact) mass is 369 g/mol. The second-order valence-corrected chi connectivity index (χ2v) is 8.05. The molecule has 24 heavy (non-hydrogen) atoms. The van der Waals surface area contributed by atoms with Crippen LogP contribution in [0.3, 0.4) is 0 Å². The van der Waals surface area contributed by atoms with Crippen molar-refractivity contribution in [2.24, 2.45) is 11.0 Å². The first kappa shape index (κ1) is 18.6. The fraction of sp³-hybridized carbons (Fsp3) is 0.375. The van der Waals surface area contributed by atoms with Crippen LogP contribution < -0.4 is 5.43 Å². The molecular weight excluding hydrogens is 350 g/mol. The summed E-state index contributed by atoms with van der Waals surface area (Å²) in [4.78, 5) is 11.9. The second kappa shape index (κ2) is 8.41. The van der Waals surface area contributed by atoms with Gasteiger partial charge >= 0.3 is 0 Å². The lowest BCUT2D eigenvalue weighted by Crippen LogP contribution is -2.36. The Bertz CT molecular complexity index is 729. The van der Waals surface area contributed by atoms with Gasteiger partial charge in [-0.05, 0) is 49.4 Å². The number of carbonyl (C=O) groups excluding carboxylic acids is 1. The van der Waals surface area contributed by atoms with Gasteiger partial charge in [0, 0.05) is 18.3 Å². The van der Waals surface area contributed by atoms with Gasteiger partial charge in [0.1, 0.15) is 0 Å². The predicted molar refractivity (Wildman–Crippen MR) is 94.4 cm³/mol. The summed E-state index contributed by atoms with van der Waals surface area (Å²) in [5.74, 6) is -0.177. The first-order valence-corrected chi connectivity index (χ1v) is 9.40. The molecule has 1 aliphatic carbocycles. The minimum Gasteiger partial charge on any atom is -0.272 e. The van der Waals surface area contributed by atoms with Gasteiger partial charge < -0.3 is 0 Å². The van der Waals surface area contributed by atoms with Crippen LogP contribution in [0, 0.1) is 5.92 Å². The van der Waals surface area contributed by atoms with Crippen LogP contribution in [0.5, 0.6) is 0 Å². The number of likely N-dealkylation sites (N-methyl/N-ethyl adjacent to an activating group) is 1. The molecule has 0 aliphatic heterocycles. The highest BCUT2D eigenvalue weighted by Gasteiger charge is 2.22. The zero-order valence-electron chi connectivity index (χ0n) is 13.4. The first-order chi connectivity index (χ1) is 11.4. The standard InChI is InChI=1S/C16H20ClN3O3S/c1-20(24(22,23)15-9-7-14(17)8-10-15)12-16(21)19-18-11-13-5-3-2-4-6-13/h2-3,7-11,13H,4-6,12H2,1H3,(H,19,21)/b18-11-/t13-/m1/s1. The fourth-order valence-corrected chi connectivity index (χ4v) is 3.53. The molecule has 1 aromatic rings. The number of benzene rings is 1. The molecule has 1 N–H and O–H groups in total. The van der Waals surface area contributed by atoms with E-state index >= 15 is 0 Å². The molecule has 2 rings (SSSR count). The molecule has 0 saturated heterocycles. The van der Waals surface area contributed by atoms with Crippen molar-refractivity contribution in [3.63, 3.8) is 0 Å². The van der Waals surface area contributed by atoms with E-state index in [1.807, 2.05) is 0 Å². The summed E-state index contributed by atoms with van der Waals surface area (Å²) in [5, 5.41) is 4.36. The molecule has 130 valence electrons. The lowest BCUT2D eigenvalue weighted by molar-refractivity contribution is -0.121. The van der Waals surface area contributed by atoms with Crippen LogP contribution in [0.2, 0.25) is 5.02 Å². The van der Waals surface area contributed by atoms with Crippen molar-refractivity contribution in [2.75, 3.05) is 13.6 Å². The van der Waals surface area contributed by atoms with E-state index in [4.69, 9.17) is 11.6 Å². The Morgan fingerprint density at radius 1 is 1.38 bits per heavy atom. The van der Waals surface area contributed by atoms with E-state index < -0.39 is 15.9 Å². The second-order valence-electron chi connectivity index (χ2n) is 5.57. The largest absolute Gasteiger partial charge is 0.272 e. The van der Waals surface area contributed by atoms with Crippen molar-refractivity contribution in [3.05, 3.63) is 41.4 Å². The average Bonchev–Trinajstić information content (AvgIpc) is 2.56. The summed E-state index contributed by atoms with van der Waals surface area (Å²) >= 11 is 5.75. The Balaban J connectivity index is 1.89. The Labute approximate surface area is 147 Å². The summed E-state index contributed by atoms with van der Waals surface area (Å²) in [6.45, 7) is -0.313. The van der Waals surface area contributed by atoms with Crippen molar-refractivity contribution in [1.29, 1.82) is 0 Å². The first-order valence-electron chi connectivity index (χ1n) is 7.58. The van der Waals surface area contributed by atoms with E-state index in [9.17, 15) is 13.2 Å². The van der Waals surface area contributed by atoms with E-state index in [0.29, 0.717) is 10.9 Å². The molecule has 1 amide bonds. The van der Waals surface area contributed by atoms with Gasteiger partial charge in [-0.2, -0.15) is 9.41 Å². The predicted octanol–water partition coefficient (Wildman–Crippen LogP) is 2.42. The minimum absolute atomic E-state index is 0.0831. The van der Waals surface area contributed by atoms with Crippen molar-refractivity contribution in [3.8, 4) is 0 Å². The number of nitrogens with zero attached hydrogens (tertiary/aromatic N) is 2. The summed E-state index contributed by atoms with van der Waals surface area (Å²) in [6.07, 6.45) is 8.83. The van der Waals surface area contributed by atoms with E-state index in [0.717, 1.165) is 23.6 Å². The molecule has 8 heteroatoms. The maximum absolute atomic E-state index is 12.4. The third-order valence-corrected chi connectivity index (χ3v) is 5.74. The SMILES string of the molecule is CN(CC(=O)N/N=C\[C@@H]1CC=CCC1)S(=O)(=O)c1ccc(Cl)cc1. The lowest BCUT2D eigenvalue weighted by Gasteiger charge is -2.16. The van der Waals surface area contributed by atoms with Gasteiger partial charge in [0.15, 0.2) is 0 Å². The van der Waals surface area contributed by atoms with Crippen LogP contribution in [0.1, 0.15) is 19.3 Å². The molecule has 0 radical (unpaired) electrons. The molecule has 1 aliphatic rings. The summed E-state index contributed by atoms with van der Waals surface area (Å²) in [6, 6.07) is 5.79. The number of amides is 1. The number of allylic oxidation sites excluding steroid dienone is 2. The maximum Gasteiger partial charge on any atom is 0.255 e. The number of nitrogens with one attached hydrogen (secondary N) is 1. The molecule has 1 atom stereocenters.